The molecular formula is C25H30ClNO5S. The summed E-state index contributed by atoms with van der Waals surface area (Å²) in [5.74, 6) is 0.0662. The molecule has 1 aromatic heterocycles. The number of benzene rings is 1. The molecule has 1 aliphatic carbocycles. The number of fused-ring (bicyclic) bond motifs is 3. The number of carbonyl (C=O) groups is 1. The number of rotatable bonds is 9. The van der Waals surface area contributed by atoms with E-state index in [4.69, 9.17) is 25.8 Å². The van der Waals surface area contributed by atoms with E-state index in [9.17, 15) is 9.59 Å². The summed E-state index contributed by atoms with van der Waals surface area (Å²) < 4.78 is 18.4. The minimum absolute atomic E-state index is 0.0516. The maximum absolute atomic E-state index is 13.4. The first kappa shape index (κ1) is 24.2. The van der Waals surface area contributed by atoms with Gasteiger partial charge >= 0.3 is 5.97 Å². The number of carbonyl (C=O) groups excluding carboxylic acids is 1. The lowest BCUT2D eigenvalue weighted by molar-refractivity contribution is 0.0375. The van der Waals surface area contributed by atoms with Crippen LogP contribution in [0.15, 0.2) is 27.9 Å². The molecule has 0 radical (unpaired) electrons. The van der Waals surface area contributed by atoms with Crippen molar-refractivity contribution < 1.29 is 19.0 Å². The van der Waals surface area contributed by atoms with Crippen LogP contribution < -0.4 is 10.3 Å². The fourth-order valence-electron chi connectivity index (χ4n) is 4.03. The number of halogens is 1. The minimum Gasteiger partial charge on any atom is -0.492 e. The molecule has 2 heterocycles. The van der Waals surface area contributed by atoms with E-state index in [-0.39, 0.29) is 28.5 Å². The van der Waals surface area contributed by atoms with Crippen molar-refractivity contribution in [1.29, 1.82) is 0 Å². The molecule has 1 saturated carbocycles. The number of hydrogen-bond donors (Lipinski definition) is 0. The van der Waals surface area contributed by atoms with Crippen LogP contribution in [-0.2, 0) is 9.47 Å². The van der Waals surface area contributed by atoms with Crippen molar-refractivity contribution in [3.05, 3.63) is 44.7 Å². The third-order valence-electron chi connectivity index (χ3n) is 5.66. The third-order valence-corrected chi connectivity index (χ3v) is 7.16. The lowest BCUT2D eigenvalue weighted by Gasteiger charge is -2.29. The number of aromatic nitrogens is 1. The summed E-state index contributed by atoms with van der Waals surface area (Å²) in [5, 5.41) is 0.556. The van der Waals surface area contributed by atoms with Crippen LogP contribution in [0.5, 0.6) is 5.75 Å². The second-order valence-electron chi connectivity index (χ2n) is 8.66. The predicted molar refractivity (Wildman–Crippen MR) is 131 cm³/mol. The number of thioether (sulfide) groups is 1. The quantitative estimate of drug-likeness (QED) is 0.314. The first-order chi connectivity index (χ1) is 15.8. The molecule has 1 fully saturated rings. The Balaban J connectivity index is 1.75. The monoisotopic (exact) mass is 491 g/mol. The fourth-order valence-corrected chi connectivity index (χ4v) is 5.39. The molecule has 2 aromatic rings. The number of hydrogen-bond acceptors (Lipinski definition) is 6. The van der Waals surface area contributed by atoms with E-state index in [1.807, 2.05) is 19.1 Å². The molecule has 1 aromatic carbocycles. The summed E-state index contributed by atoms with van der Waals surface area (Å²) in [6, 6.07) is 5.66. The van der Waals surface area contributed by atoms with Crippen molar-refractivity contribution in [2.75, 3.05) is 19.8 Å². The number of pyridine rings is 1. The summed E-state index contributed by atoms with van der Waals surface area (Å²) in [4.78, 5) is 27.1. The van der Waals surface area contributed by atoms with Gasteiger partial charge in [0, 0.05) is 41.4 Å². The SMILES string of the molecule is CCOCCCOc1cc2c(cc1Cl)-c1c(cc(C(=O)OC(C)C)c(=O)n1C1CC1)C(C)S2. The maximum Gasteiger partial charge on any atom is 0.344 e. The lowest BCUT2D eigenvalue weighted by atomic mass is 9.99. The standard InChI is InChI=1S/C25H30ClNO5S/c1-5-30-9-6-10-31-21-13-22-18(12-20(21)26)23-17(15(4)33-22)11-19(25(29)32-14(2)3)24(28)27(23)16-7-8-16/h11-16H,5-10H2,1-4H3. The van der Waals surface area contributed by atoms with E-state index in [0.717, 1.165) is 41.0 Å². The average Bonchev–Trinajstić information content (AvgIpc) is 3.58. The Labute approximate surface area is 203 Å². The molecule has 0 N–H and O–H groups in total. The van der Waals surface area contributed by atoms with Gasteiger partial charge in [0.05, 0.1) is 23.4 Å². The van der Waals surface area contributed by atoms with Gasteiger partial charge in [0.25, 0.3) is 5.56 Å². The Kier molecular flexibility index (Phi) is 7.41. The highest BCUT2D eigenvalue weighted by Crippen LogP contribution is 2.52. The van der Waals surface area contributed by atoms with Crippen LogP contribution in [-0.4, -0.2) is 36.5 Å². The van der Waals surface area contributed by atoms with E-state index in [1.165, 1.54) is 0 Å². The van der Waals surface area contributed by atoms with Crippen LogP contribution in [0.2, 0.25) is 5.02 Å². The normalized spacial score (nSPS) is 17.0. The summed E-state index contributed by atoms with van der Waals surface area (Å²) in [7, 11) is 0. The van der Waals surface area contributed by atoms with Crippen LogP contribution >= 0.6 is 23.4 Å². The highest BCUT2D eigenvalue weighted by atomic mass is 35.5. The van der Waals surface area contributed by atoms with E-state index in [1.54, 1.807) is 36.2 Å². The van der Waals surface area contributed by atoms with Crippen molar-refractivity contribution >= 4 is 29.3 Å². The van der Waals surface area contributed by atoms with E-state index < -0.39 is 5.97 Å². The zero-order valence-electron chi connectivity index (χ0n) is 19.5. The van der Waals surface area contributed by atoms with Crippen LogP contribution in [0.3, 0.4) is 0 Å². The van der Waals surface area contributed by atoms with Gasteiger partial charge in [-0.2, -0.15) is 0 Å². The minimum atomic E-state index is -0.566. The Morgan fingerprint density at radius 1 is 1.24 bits per heavy atom. The first-order valence-corrected chi connectivity index (χ1v) is 12.8. The molecule has 0 amide bonds. The third kappa shape index (κ3) is 5.10. The van der Waals surface area contributed by atoms with Crippen LogP contribution in [0.4, 0.5) is 0 Å². The van der Waals surface area contributed by atoms with E-state index in [0.29, 0.717) is 30.6 Å². The maximum atomic E-state index is 13.4. The van der Waals surface area contributed by atoms with Gasteiger partial charge in [-0.25, -0.2) is 4.79 Å². The summed E-state index contributed by atoms with van der Waals surface area (Å²) in [6.07, 6.45) is 2.33. The molecule has 2 aliphatic rings. The van der Waals surface area contributed by atoms with Crippen LogP contribution in [0.1, 0.15) is 74.2 Å². The highest BCUT2D eigenvalue weighted by Gasteiger charge is 2.35. The molecule has 6 nitrogen and oxygen atoms in total. The molecule has 1 aliphatic heterocycles. The first-order valence-electron chi connectivity index (χ1n) is 11.5. The van der Waals surface area contributed by atoms with Gasteiger partial charge < -0.3 is 18.8 Å². The molecule has 1 atom stereocenters. The smallest absolute Gasteiger partial charge is 0.344 e. The van der Waals surface area contributed by atoms with Crippen molar-refractivity contribution in [2.45, 2.75) is 69.2 Å². The zero-order chi connectivity index (χ0) is 23.7. The number of nitrogens with zero attached hydrogens (tertiary/aromatic N) is 1. The highest BCUT2D eigenvalue weighted by molar-refractivity contribution is 7.99. The van der Waals surface area contributed by atoms with Crippen molar-refractivity contribution in [1.82, 2.24) is 4.57 Å². The van der Waals surface area contributed by atoms with Crippen molar-refractivity contribution in [3.63, 3.8) is 0 Å². The second-order valence-corrected chi connectivity index (χ2v) is 10.4. The zero-order valence-corrected chi connectivity index (χ0v) is 21.1. The molecule has 0 saturated heterocycles. The van der Waals surface area contributed by atoms with Gasteiger partial charge in [0.1, 0.15) is 11.3 Å². The van der Waals surface area contributed by atoms with Crippen LogP contribution in [0, 0.1) is 0 Å². The van der Waals surface area contributed by atoms with Gasteiger partial charge in [-0.05, 0) is 64.3 Å². The molecule has 0 bridgehead atoms. The summed E-state index contributed by atoms with van der Waals surface area (Å²) in [6.45, 7) is 9.47. The molecule has 178 valence electrons. The Morgan fingerprint density at radius 3 is 2.67 bits per heavy atom. The molecule has 8 heteroatoms. The van der Waals surface area contributed by atoms with Crippen LogP contribution in [0.25, 0.3) is 11.3 Å². The van der Waals surface area contributed by atoms with Crippen molar-refractivity contribution in [2.24, 2.45) is 0 Å². The number of esters is 1. The Bertz CT molecular complexity index is 1110. The van der Waals surface area contributed by atoms with Gasteiger partial charge in [-0.3, -0.25) is 4.79 Å². The largest absolute Gasteiger partial charge is 0.492 e. The van der Waals surface area contributed by atoms with Gasteiger partial charge in [-0.1, -0.05) is 11.6 Å². The topological polar surface area (TPSA) is 66.8 Å². The Hall–Kier alpha value is -1.96. The van der Waals surface area contributed by atoms with Gasteiger partial charge in [0.2, 0.25) is 0 Å². The van der Waals surface area contributed by atoms with Crippen molar-refractivity contribution in [3.8, 4) is 17.0 Å². The second kappa shape index (κ2) is 10.1. The summed E-state index contributed by atoms with van der Waals surface area (Å²) in [5.41, 5.74) is 2.53. The Morgan fingerprint density at radius 2 is 2.00 bits per heavy atom. The molecular weight excluding hydrogens is 462 g/mol. The molecule has 0 spiro atoms. The summed E-state index contributed by atoms with van der Waals surface area (Å²) >= 11 is 8.28. The molecule has 33 heavy (non-hydrogen) atoms. The average molecular weight is 492 g/mol. The van der Waals surface area contributed by atoms with Gasteiger partial charge in [-0.15, -0.1) is 11.8 Å². The fraction of sp³-hybridized carbons (Fsp3) is 0.520. The molecule has 4 rings (SSSR count). The number of ether oxygens (including phenoxy) is 3. The van der Waals surface area contributed by atoms with E-state index >= 15 is 0 Å². The van der Waals surface area contributed by atoms with Gasteiger partial charge in [0.15, 0.2) is 0 Å². The lowest BCUT2D eigenvalue weighted by Crippen LogP contribution is -2.31. The molecule has 1 unspecified atom stereocenters. The van der Waals surface area contributed by atoms with E-state index in [2.05, 4.69) is 6.92 Å². The predicted octanol–water partition coefficient (Wildman–Crippen LogP) is 6.04.